The largest absolute Gasteiger partial charge is 0.308 e. The van der Waals surface area contributed by atoms with Crippen molar-refractivity contribution in [1.82, 2.24) is 0 Å². The van der Waals surface area contributed by atoms with Crippen LogP contribution in [0.4, 0.5) is 11.4 Å². The summed E-state index contributed by atoms with van der Waals surface area (Å²) in [6.07, 6.45) is 0. The highest BCUT2D eigenvalue weighted by molar-refractivity contribution is 6.52. The van der Waals surface area contributed by atoms with Gasteiger partial charge in [0, 0.05) is 7.05 Å². The van der Waals surface area contributed by atoms with E-state index in [0.717, 1.165) is 0 Å². The lowest BCUT2D eigenvalue weighted by Crippen LogP contribution is -2.24. The molecule has 0 radical (unpaired) electrons. The molecule has 1 aromatic rings. The van der Waals surface area contributed by atoms with Crippen molar-refractivity contribution >= 4 is 23.1 Å². The van der Waals surface area contributed by atoms with Gasteiger partial charge in [0.25, 0.3) is 11.7 Å². The zero-order valence-corrected chi connectivity index (χ0v) is 7.35. The molecule has 0 aromatic heterocycles. The summed E-state index contributed by atoms with van der Waals surface area (Å²) in [5.41, 5.74) is 0.919. The van der Waals surface area contributed by atoms with E-state index >= 15 is 0 Å². The molecule has 0 unspecified atom stereocenters. The van der Waals surface area contributed by atoms with Crippen LogP contribution < -0.4 is 4.90 Å². The van der Waals surface area contributed by atoms with Gasteiger partial charge in [0.15, 0.2) is 0 Å². The van der Waals surface area contributed by atoms with Gasteiger partial charge < -0.3 is 4.90 Å². The van der Waals surface area contributed by atoms with Gasteiger partial charge in [-0.25, -0.2) is 0 Å². The number of Topliss-reactive ketones (excluding diaryl/α,β-unsaturated/α-hetero) is 1. The Morgan fingerprint density at radius 1 is 1.29 bits per heavy atom. The van der Waals surface area contributed by atoms with Gasteiger partial charge in [-0.05, 0) is 23.4 Å². The van der Waals surface area contributed by atoms with Crippen LogP contribution in [0.5, 0.6) is 0 Å². The minimum Gasteiger partial charge on any atom is -0.308 e. The number of hydrogen-bond acceptors (Lipinski definition) is 4. The van der Waals surface area contributed by atoms with Crippen LogP contribution >= 0.6 is 0 Å². The van der Waals surface area contributed by atoms with E-state index in [9.17, 15) is 14.5 Å². The first-order valence-electron chi connectivity index (χ1n) is 3.95. The SMILES string of the molecule is CN1C(=O)C(=O)c2cc(N=O)ccc21. The lowest BCUT2D eigenvalue weighted by molar-refractivity contribution is -0.114. The molecule has 0 N–H and O–H groups in total. The summed E-state index contributed by atoms with van der Waals surface area (Å²) in [6, 6.07) is 4.33. The van der Waals surface area contributed by atoms with Crippen molar-refractivity contribution in [3.05, 3.63) is 28.7 Å². The number of nitrogens with zero attached hydrogens (tertiary/aromatic N) is 2. The lowest BCUT2D eigenvalue weighted by atomic mass is 10.1. The monoisotopic (exact) mass is 190 g/mol. The molecule has 1 aliphatic rings. The highest BCUT2D eigenvalue weighted by atomic mass is 16.3. The molecule has 0 spiro atoms. The van der Waals surface area contributed by atoms with Crippen molar-refractivity contribution in [2.45, 2.75) is 0 Å². The number of hydrogen-bond donors (Lipinski definition) is 0. The minimum atomic E-state index is -0.590. The minimum absolute atomic E-state index is 0.153. The molecule has 2 rings (SSSR count). The first-order chi connectivity index (χ1) is 6.65. The van der Waals surface area contributed by atoms with Crippen molar-refractivity contribution in [3.8, 4) is 0 Å². The molecule has 0 saturated carbocycles. The number of ketones is 1. The molecular weight excluding hydrogens is 184 g/mol. The van der Waals surface area contributed by atoms with Crippen LogP contribution in [0.15, 0.2) is 23.4 Å². The van der Waals surface area contributed by atoms with Crippen molar-refractivity contribution in [3.63, 3.8) is 0 Å². The molecule has 0 bridgehead atoms. The fourth-order valence-corrected chi connectivity index (χ4v) is 1.43. The van der Waals surface area contributed by atoms with Crippen LogP contribution in [0, 0.1) is 4.91 Å². The normalized spacial score (nSPS) is 14.5. The van der Waals surface area contributed by atoms with Crippen LogP contribution in [0.1, 0.15) is 10.4 Å². The van der Waals surface area contributed by atoms with Crippen molar-refractivity contribution in [2.75, 3.05) is 11.9 Å². The zero-order valence-electron chi connectivity index (χ0n) is 7.35. The van der Waals surface area contributed by atoms with Crippen molar-refractivity contribution in [1.29, 1.82) is 0 Å². The van der Waals surface area contributed by atoms with Gasteiger partial charge in [0.2, 0.25) is 0 Å². The van der Waals surface area contributed by atoms with Crippen LogP contribution in [-0.2, 0) is 4.79 Å². The number of likely N-dealkylation sites (N-methyl/N-ethyl adjacent to an activating group) is 1. The molecule has 5 heteroatoms. The predicted octanol–water partition coefficient (Wildman–Crippen LogP) is 1.24. The van der Waals surface area contributed by atoms with Gasteiger partial charge in [-0.1, -0.05) is 0 Å². The van der Waals surface area contributed by atoms with E-state index in [-0.39, 0.29) is 11.3 Å². The Morgan fingerprint density at radius 2 is 2.00 bits per heavy atom. The van der Waals surface area contributed by atoms with Crippen LogP contribution in [-0.4, -0.2) is 18.7 Å². The smallest absolute Gasteiger partial charge is 0.299 e. The summed E-state index contributed by atoms with van der Waals surface area (Å²) in [5, 5.41) is 2.70. The van der Waals surface area contributed by atoms with E-state index < -0.39 is 11.7 Å². The van der Waals surface area contributed by atoms with Crippen molar-refractivity contribution in [2.24, 2.45) is 5.18 Å². The maximum absolute atomic E-state index is 11.3. The Balaban J connectivity index is 2.64. The first kappa shape index (κ1) is 8.55. The number of benzene rings is 1. The second kappa shape index (κ2) is 2.73. The Morgan fingerprint density at radius 3 is 2.64 bits per heavy atom. The molecule has 1 amide bonds. The van der Waals surface area contributed by atoms with Crippen LogP contribution in [0.2, 0.25) is 0 Å². The second-order valence-electron chi connectivity index (χ2n) is 2.99. The fourth-order valence-electron chi connectivity index (χ4n) is 1.43. The highest BCUT2D eigenvalue weighted by Gasteiger charge is 2.33. The Hall–Kier alpha value is -2.04. The number of fused-ring (bicyclic) bond motifs is 1. The summed E-state index contributed by atoms with van der Waals surface area (Å²) in [6.45, 7) is 0. The number of rotatable bonds is 1. The summed E-state index contributed by atoms with van der Waals surface area (Å²) < 4.78 is 0. The quantitative estimate of drug-likeness (QED) is 0.494. The number of anilines is 1. The summed E-state index contributed by atoms with van der Waals surface area (Å²) >= 11 is 0. The topological polar surface area (TPSA) is 66.8 Å². The van der Waals surface area contributed by atoms with E-state index in [1.807, 2.05) is 0 Å². The highest BCUT2D eigenvalue weighted by Crippen LogP contribution is 2.30. The standard InChI is InChI=1S/C9H6N2O3/c1-11-7-3-2-5(10-14)4-6(7)8(12)9(11)13/h2-4H,1H3. The van der Waals surface area contributed by atoms with E-state index in [1.54, 1.807) is 0 Å². The molecule has 14 heavy (non-hydrogen) atoms. The average Bonchev–Trinajstić information content (AvgIpc) is 2.44. The molecule has 0 aliphatic carbocycles. The summed E-state index contributed by atoms with van der Waals surface area (Å²) in [4.78, 5) is 34.0. The van der Waals surface area contributed by atoms with Gasteiger partial charge >= 0.3 is 0 Å². The molecule has 0 atom stereocenters. The number of carbonyl (C=O) groups excluding carboxylic acids is 2. The van der Waals surface area contributed by atoms with Gasteiger partial charge in [-0.3, -0.25) is 9.59 Å². The Kier molecular flexibility index (Phi) is 1.67. The lowest BCUT2D eigenvalue weighted by Gasteiger charge is -2.07. The second-order valence-corrected chi connectivity index (χ2v) is 2.99. The molecule has 0 saturated heterocycles. The van der Waals surface area contributed by atoms with Gasteiger partial charge in [0.05, 0.1) is 11.3 Å². The molecule has 1 aliphatic heterocycles. The van der Waals surface area contributed by atoms with E-state index in [2.05, 4.69) is 5.18 Å². The summed E-state index contributed by atoms with van der Waals surface area (Å²) in [7, 11) is 1.51. The molecule has 1 aromatic carbocycles. The van der Waals surface area contributed by atoms with E-state index in [4.69, 9.17) is 0 Å². The van der Waals surface area contributed by atoms with Crippen molar-refractivity contribution < 1.29 is 9.59 Å². The van der Waals surface area contributed by atoms with Gasteiger partial charge in [-0.2, -0.15) is 0 Å². The van der Waals surface area contributed by atoms with Gasteiger partial charge in [-0.15, -0.1) is 4.91 Å². The van der Waals surface area contributed by atoms with Crippen LogP contribution in [0.3, 0.4) is 0 Å². The zero-order chi connectivity index (χ0) is 10.3. The fraction of sp³-hybridized carbons (Fsp3) is 0.111. The van der Waals surface area contributed by atoms with E-state index in [0.29, 0.717) is 5.69 Å². The third-order valence-electron chi connectivity index (χ3n) is 2.19. The molecule has 70 valence electrons. The molecule has 0 fully saturated rings. The van der Waals surface area contributed by atoms with E-state index in [1.165, 1.54) is 30.1 Å². The van der Waals surface area contributed by atoms with Gasteiger partial charge in [0.1, 0.15) is 5.69 Å². The number of nitroso groups, excluding NO2 is 1. The third-order valence-corrected chi connectivity index (χ3v) is 2.19. The summed E-state index contributed by atoms with van der Waals surface area (Å²) in [5.74, 6) is -1.17. The predicted molar refractivity (Wildman–Crippen MR) is 49.6 cm³/mol. The third kappa shape index (κ3) is 0.953. The Labute approximate surface area is 79.3 Å². The average molecular weight is 190 g/mol. The number of amides is 1. The molecule has 5 nitrogen and oxygen atoms in total. The molecular formula is C9H6N2O3. The van der Waals surface area contributed by atoms with Crippen LogP contribution in [0.25, 0.3) is 0 Å². The molecule has 1 heterocycles. The maximum atomic E-state index is 11.3. The number of carbonyl (C=O) groups is 2. The Bertz CT molecular complexity index is 453. The first-order valence-corrected chi connectivity index (χ1v) is 3.95. The maximum Gasteiger partial charge on any atom is 0.299 e.